The molecule has 8 nitrogen and oxygen atoms in total. The van der Waals surface area contributed by atoms with Crippen molar-refractivity contribution in [2.45, 2.75) is 25.8 Å². The summed E-state index contributed by atoms with van der Waals surface area (Å²) in [6, 6.07) is 2.97. The van der Waals surface area contributed by atoms with Gasteiger partial charge in [-0.15, -0.1) is 0 Å². The molecule has 1 aromatic carbocycles. The maximum Gasteiger partial charge on any atom is 0.404 e. The zero-order chi connectivity index (χ0) is 21.3. The van der Waals surface area contributed by atoms with Gasteiger partial charge >= 0.3 is 6.09 Å². The van der Waals surface area contributed by atoms with E-state index in [-0.39, 0.29) is 35.3 Å². The summed E-state index contributed by atoms with van der Waals surface area (Å²) in [5, 5.41) is 10.9. The van der Waals surface area contributed by atoms with E-state index >= 15 is 0 Å². The number of carboxylic acid groups (broad SMARTS) is 1. The number of benzene rings is 1. The summed E-state index contributed by atoms with van der Waals surface area (Å²) in [7, 11) is 0. The molecule has 0 aliphatic heterocycles. The standard InChI is InChI=1S/C20H19F2N3O5/c1-10(24-20(26)27)8-29-18-6-17-15(7-23-18)25-19(30-17)12-4-14(22)16(5-13(12)21)28-9-11-2-3-11/h4-7,10-11,24H,2-3,8-9H2,1H3,(H,26,27)/t10-/m0/s1. The van der Waals surface area contributed by atoms with Gasteiger partial charge in [-0.05, 0) is 31.7 Å². The lowest BCUT2D eigenvalue weighted by atomic mass is 10.2. The predicted molar refractivity (Wildman–Crippen MR) is 101 cm³/mol. The van der Waals surface area contributed by atoms with Gasteiger partial charge in [0.2, 0.25) is 11.8 Å². The Morgan fingerprint density at radius 3 is 2.83 bits per heavy atom. The van der Waals surface area contributed by atoms with E-state index in [1.54, 1.807) is 6.92 Å². The molecule has 4 rings (SSSR count). The second-order valence-electron chi connectivity index (χ2n) is 7.19. The second-order valence-corrected chi connectivity index (χ2v) is 7.19. The van der Waals surface area contributed by atoms with E-state index < -0.39 is 23.8 Å². The van der Waals surface area contributed by atoms with Gasteiger partial charge in [-0.3, -0.25) is 0 Å². The number of rotatable bonds is 8. The van der Waals surface area contributed by atoms with Gasteiger partial charge in [-0.2, -0.15) is 0 Å². The topological polar surface area (TPSA) is 107 Å². The Bertz CT molecular complexity index is 1080. The Morgan fingerprint density at radius 2 is 2.10 bits per heavy atom. The largest absolute Gasteiger partial charge is 0.490 e. The smallest absolute Gasteiger partial charge is 0.404 e. The van der Waals surface area contributed by atoms with Crippen molar-refractivity contribution in [3.05, 3.63) is 36.0 Å². The Labute approximate surface area is 169 Å². The minimum atomic E-state index is -1.16. The van der Waals surface area contributed by atoms with Crippen molar-refractivity contribution in [3.63, 3.8) is 0 Å². The SMILES string of the molecule is C[C@@H](COc1cc2oc(-c3cc(F)c(OCC4CC4)cc3F)nc2cn1)NC(=O)O. The number of carbonyl (C=O) groups is 1. The van der Waals surface area contributed by atoms with E-state index in [9.17, 15) is 13.6 Å². The molecule has 0 saturated heterocycles. The van der Waals surface area contributed by atoms with Crippen molar-refractivity contribution in [3.8, 4) is 23.1 Å². The summed E-state index contributed by atoms with van der Waals surface area (Å²) < 4.78 is 45.2. The number of nitrogens with one attached hydrogen (secondary N) is 1. The quantitative estimate of drug-likeness (QED) is 0.568. The number of halogens is 2. The van der Waals surface area contributed by atoms with Crippen LogP contribution in [-0.2, 0) is 0 Å². The molecule has 0 bridgehead atoms. The van der Waals surface area contributed by atoms with E-state index in [2.05, 4.69) is 15.3 Å². The maximum absolute atomic E-state index is 14.5. The van der Waals surface area contributed by atoms with Crippen molar-refractivity contribution in [1.29, 1.82) is 0 Å². The molecule has 158 valence electrons. The number of aromatic nitrogens is 2. The minimum Gasteiger partial charge on any atom is -0.490 e. The van der Waals surface area contributed by atoms with Crippen LogP contribution in [0.1, 0.15) is 19.8 Å². The molecule has 30 heavy (non-hydrogen) atoms. The Hall–Kier alpha value is -3.43. The van der Waals surface area contributed by atoms with Crippen LogP contribution < -0.4 is 14.8 Å². The Morgan fingerprint density at radius 1 is 1.30 bits per heavy atom. The highest BCUT2D eigenvalue weighted by Crippen LogP contribution is 2.33. The van der Waals surface area contributed by atoms with Crippen LogP contribution in [-0.4, -0.2) is 40.4 Å². The highest BCUT2D eigenvalue weighted by molar-refractivity contribution is 5.76. The summed E-state index contributed by atoms with van der Waals surface area (Å²) in [5.74, 6) is -1.06. The number of hydrogen-bond acceptors (Lipinski definition) is 6. The average Bonchev–Trinajstić information content (AvgIpc) is 3.43. The summed E-state index contributed by atoms with van der Waals surface area (Å²) in [6.45, 7) is 2.05. The highest BCUT2D eigenvalue weighted by atomic mass is 19.1. The summed E-state index contributed by atoms with van der Waals surface area (Å²) in [6.07, 6.45) is 2.29. The lowest BCUT2D eigenvalue weighted by Crippen LogP contribution is -2.35. The first kappa shape index (κ1) is 19.9. The van der Waals surface area contributed by atoms with E-state index in [4.69, 9.17) is 19.0 Å². The fourth-order valence-electron chi connectivity index (χ4n) is 2.77. The molecule has 2 aromatic heterocycles. The molecule has 0 unspecified atom stereocenters. The van der Waals surface area contributed by atoms with Gasteiger partial charge in [0.1, 0.15) is 17.9 Å². The molecule has 0 spiro atoms. The van der Waals surface area contributed by atoms with Crippen LogP contribution in [0.2, 0.25) is 0 Å². The molecular weight excluding hydrogens is 400 g/mol. The number of amides is 1. The van der Waals surface area contributed by atoms with Gasteiger partial charge in [0.05, 0.1) is 24.4 Å². The summed E-state index contributed by atoms with van der Waals surface area (Å²) in [5.41, 5.74) is 0.467. The van der Waals surface area contributed by atoms with Crippen LogP contribution in [0.4, 0.5) is 13.6 Å². The number of nitrogens with zero attached hydrogens (tertiary/aromatic N) is 2. The molecule has 3 aromatic rings. The van der Waals surface area contributed by atoms with Crippen molar-refractivity contribution in [2.24, 2.45) is 5.92 Å². The number of oxazole rings is 1. The summed E-state index contributed by atoms with van der Waals surface area (Å²) in [4.78, 5) is 18.8. The zero-order valence-corrected chi connectivity index (χ0v) is 16.0. The molecule has 2 N–H and O–H groups in total. The Balaban J connectivity index is 1.51. The summed E-state index contributed by atoms with van der Waals surface area (Å²) >= 11 is 0. The van der Waals surface area contributed by atoms with E-state index in [1.165, 1.54) is 12.3 Å². The van der Waals surface area contributed by atoms with Gasteiger partial charge in [-0.1, -0.05) is 0 Å². The van der Waals surface area contributed by atoms with Gasteiger partial charge in [0.25, 0.3) is 0 Å². The zero-order valence-electron chi connectivity index (χ0n) is 16.0. The lowest BCUT2D eigenvalue weighted by Gasteiger charge is -2.11. The van der Waals surface area contributed by atoms with Gasteiger partial charge in [0, 0.05) is 12.1 Å². The average molecular weight is 419 g/mol. The molecule has 1 saturated carbocycles. The van der Waals surface area contributed by atoms with Crippen LogP contribution >= 0.6 is 0 Å². The van der Waals surface area contributed by atoms with Gasteiger partial charge in [0.15, 0.2) is 17.1 Å². The first-order chi connectivity index (χ1) is 14.4. The molecule has 10 heteroatoms. The van der Waals surface area contributed by atoms with Crippen molar-refractivity contribution < 1.29 is 32.6 Å². The van der Waals surface area contributed by atoms with Crippen LogP contribution in [0.5, 0.6) is 11.6 Å². The number of fused-ring (bicyclic) bond motifs is 1. The van der Waals surface area contributed by atoms with Crippen LogP contribution in [0.15, 0.2) is 28.8 Å². The van der Waals surface area contributed by atoms with Crippen molar-refractivity contribution >= 4 is 17.2 Å². The first-order valence-electron chi connectivity index (χ1n) is 9.40. The fraction of sp³-hybridized carbons (Fsp3) is 0.350. The molecule has 0 radical (unpaired) electrons. The van der Waals surface area contributed by atoms with E-state index in [0.717, 1.165) is 25.0 Å². The van der Waals surface area contributed by atoms with Crippen LogP contribution in [0.3, 0.4) is 0 Å². The maximum atomic E-state index is 14.5. The van der Waals surface area contributed by atoms with Crippen LogP contribution in [0, 0.1) is 17.6 Å². The number of hydrogen-bond donors (Lipinski definition) is 2. The van der Waals surface area contributed by atoms with Crippen molar-refractivity contribution in [1.82, 2.24) is 15.3 Å². The molecule has 1 atom stereocenters. The second kappa shape index (κ2) is 8.13. The van der Waals surface area contributed by atoms with E-state index in [1.807, 2.05) is 0 Å². The molecule has 1 fully saturated rings. The highest BCUT2D eigenvalue weighted by Gasteiger charge is 2.24. The fourth-order valence-corrected chi connectivity index (χ4v) is 2.77. The number of ether oxygens (including phenoxy) is 2. The molecule has 1 aliphatic rings. The van der Waals surface area contributed by atoms with Crippen molar-refractivity contribution in [2.75, 3.05) is 13.2 Å². The third-order valence-electron chi connectivity index (χ3n) is 4.52. The lowest BCUT2D eigenvalue weighted by molar-refractivity contribution is 0.182. The van der Waals surface area contributed by atoms with E-state index in [0.29, 0.717) is 18.0 Å². The molecule has 2 heterocycles. The number of pyridine rings is 1. The van der Waals surface area contributed by atoms with Gasteiger partial charge in [-0.25, -0.2) is 23.5 Å². The van der Waals surface area contributed by atoms with Gasteiger partial charge < -0.3 is 24.3 Å². The monoisotopic (exact) mass is 419 g/mol. The predicted octanol–water partition coefficient (Wildman–Crippen LogP) is 3.99. The third kappa shape index (κ3) is 4.58. The molecule has 1 aliphatic carbocycles. The molecule has 1 amide bonds. The minimum absolute atomic E-state index is 0.0496. The first-order valence-corrected chi connectivity index (χ1v) is 9.40. The normalized spacial score (nSPS) is 14.5. The van der Waals surface area contributed by atoms with Crippen LogP contribution in [0.25, 0.3) is 22.6 Å². The molecular formula is C20H19F2N3O5. The Kier molecular flexibility index (Phi) is 5.39. The third-order valence-corrected chi connectivity index (χ3v) is 4.52.